The van der Waals surface area contributed by atoms with Crippen LogP contribution in [0.3, 0.4) is 0 Å². The minimum atomic E-state index is 1.19. The SMILES string of the molecule is Cc1ccc(-c2cc3cncc4cc(-c5ccc(C)cc5)c5cc(N(C)C)cc2c5c34)cc1. The molecule has 0 radical (unpaired) electrons. The highest BCUT2D eigenvalue weighted by Crippen LogP contribution is 2.45. The molecule has 0 spiro atoms. The van der Waals surface area contributed by atoms with Gasteiger partial charge < -0.3 is 4.90 Å². The Morgan fingerprint density at radius 2 is 1.03 bits per heavy atom. The standard InChI is InChI=1S/C31H26N2/c1-19-5-9-21(10-6-19)26-13-23-17-32-18-24-14-27(22-11-7-20(2)8-12-22)29-16-25(33(3)4)15-28(26)31(29)30(23)24/h5-18H,1-4H3. The van der Waals surface area contributed by atoms with Crippen molar-refractivity contribution in [3.8, 4) is 22.3 Å². The smallest absolute Gasteiger partial charge is 0.0373 e. The summed E-state index contributed by atoms with van der Waals surface area (Å²) >= 11 is 0. The van der Waals surface area contributed by atoms with Gasteiger partial charge in [0.1, 0.15) is 0 Å². The molecule has 0 saturated heterocycles. The van der Waals surface area contributed by atoms with Crippen molar-refractivity contribution < 1.29 is 0 Å². The van der Waals surface area contributed by atoms with Crippen LogP contribution in [0.1, 0.15) is 11.1 Å². The van der Waals surface area contributed by atoms with Crippen molar-refractivity contribution in [1.82, 2.24) is 4.98 Å². The van der Waals surface area contributed by atoms with Crippen LogP contribution in [-0.4, -0.2) is 19.1 Å². The minimum Gasteiger partial charge on any atom is -0.378 e. The van der Waals surface area contributed by atoms with E-state index >= 15 is 0 Å². The largest absolute Gasteiger partial charge is 0.378 e. The maximum atomic E-state index is 4.60. The molecule has 0 aliphatic heterocycles. The third kappa shape index (κ3) is 3.14. The van der Waals surface area contributed by atoms with E-state index in [0.717, 1.165) is 0 Å². The molecule has 0 saturated carbocycles. The Kier molecular flexibility index (Phi) is 4.38. The van der Waals surface area contributed by atoms with Gasteiger partial charge in [0.05, 0.1) is 0 Å². The monoisotopic (exact) mass is 426 g/mol. The van der Waals surface area contributed by atoms with E-state index < -0.39 is 0 Å². The molecule has 160 valence electrons. The first-order valence-corrected chi connectivity index (χ1v) is 11.4. The number of rotatable bonds is 3. The fourth-order valence-corrected chi connectivity index (χ4v) is 4.99. The van der Waals surface area contributed by atoms with Crippen molar-refractivity contribution in [2.45, 2.75) is 13.8 Å². The van der Waals surface area contributed by atoms with Gasteiger partial charge in [-0.25, -0.2) is 0 Å². The molecule has 33 heavy (non-hydrogen) atoms. The van der Waals surface area contributed by atoms with E-state index in [1.807, 2.05) is 12.4 Å². The molecule has 0 amide bonds. The predicted molar refractivity (Wildman–Crippen MR) is 143 cm³/mol. The van der Waals surface area contributed by atoms with E-state index in [0.29, 0.717) is 0 Å². The zero-order valence-corrected chi connectivity index (χ0v) is 19.5. The fraction of sp³-hybridized carbons (Fsp3) is 0.129. The summed E-state index contributed by atoms with van der Waals surface area (Å²) in [6.45, 7) is 4.27. The Hall–Kier alpha value is -3.91. The van der Waals surface area contributed by atoms with Crippen LogP contribution >= 0.6 is 0 Å². The molecule has 0 fully saturated rings. The maximum absolute atomic E-state index is 4.60. The molecule has 0 N–H and O–H groups in total. The van der Waals surface area contributed by atoms with Crippen LogP contribution in [0.15, 0.2) is 85.2 Å². The summed E-state index contributed by atoms with van der Waals surface area (Å²) in [5, 5.41) is 7.58. The lowest BCUT2D eigenvalue weighted by atomic mass is 9.86. The lowest BCUT2D eigenvalue weighted by Crippen LogP contribution is -2.08. The number of hydrogen-bond donors (Lipinski definition) is 0. The van der Waals surface area contributed by atoms with Gasteiger partial charge in [-0.1, -0.05) is 59.7 Å². The molecular weight excluding hydrogens is 400 g/mol. The molecular formula is C31H26N2. The van der Waals surface area contributed by atoms with Gasteiger partial charge in [-0.15, -0.1) is 0 Å². The first-order chi connectivity index (χ1) is 16.0. The Balaban J connectivity index is 1.82. The van der Waals surface area contributed by atoms with Crippen molar-refractivity contribution in [1.29, 1.82) is 0 Å². The highest BCUT2D eigenvalue weighted by atomic mass is 15.1. The second-order valence-corrected chi connectivity index (χ2v) is 9.35. The molecule has 1 aromatic heterocycles. The highest BCUT2D eigenvalue weighted by molar-refractivity contribution is 6.29. The van der Waals surface area contributed by atoms with E-state index in [4.69, 9.17) is 0 Å². The van der Waals surface area contributed by atoms with E-state index in [2.05, 4.69) is 111 Å². The average Bonchev–Trinajstić information content (AvgIpc) is 2.83. The lowest BCUT2D eigenvalue weighted by molar-refractivity contribution is 1.14. The fourth-order valence-electron chi connectivity index (χ4n) is 4.99. The van der Waals surface area contributed by atoms with Crippen molar-refractivity contribution in [3.05, 3.63) is 96.3 Å². The van der Waals surface area contributed by atoms with Gasteiger partial charge >= 0.3 is 0 Å². The van der Waals surface area contributed by atoms with Gasteiger partial charge in [0.15, 0.2) is 0 Å². The molecule has 1 heterocycles. The highest BCUT2D eigenvalue weighted by Gasteiger charge is 2.18. The zero-order chi connectivity index (χ0) is 22.7. The van der Waals surface area contributed by atoms with Gasteiger partial charge in [-0.3, -0.25) is 4.98 Å². The molecule has 0 aliphatic rings. The third-order valence-corrected chi connectivity index (χ3v) is 6.80. The van der Waals surface area contributed by atoms with E-state index in [9.17, 15) is 0 Å². The van der Waals surface area contributed by atoms with Gasteiger partial charge in [-0.05, 0) is 76.5 Å². The second kappa shape index (κ2) is 7.31. The van der Waals surface area contributed by atoms with Gasteiger partial charge in [0, 0.05) is 48.3 Å². The minimum absolute atomic E-state index is 1.19. The summed E-state index contributed by atoms with van der Waals surface area (Å²) in [4.78, 5) is 6.81. The second-order valence-electron chi connectivity index (χ2n) is 9.35. The van der Waals surface area contributed by atoms with Crippen molar-refractivity contribution in [2.75, 3.05) is 19.0 Å². The van der Waals surface area contributed by atoms with E-state index in [-0.39, 0.29) is 0 Å². The first-order valence-electron chi connectivity index (χ1n) is 11.4. The summed E-state index contributed by atoms with van der Waals surface area (Å²) in [5.41, 5.74) is 8.74. The molecule has 5 aromatic carbocycles. The number of aryl methyl sites for hydroxylation is 2. The van der Waals surface area contributed by atoms with Crippen molar-refractivity contribution in [2.24, 2.45) is 0 Å². The summed E-state index contributed by atoms with van der Waals surface area (Å²) < 4.78 is 0. The summed E-state index contributed by atoms with van der Waals surface area (Å²) in [7, 11) is 4.24. The molecule has 0 unspecified atom stereocenters. The van der Waals surface area contributed by atoms with Crippen LogP contribution in [-0.2, 0) is 0 Å². The predicted octanol–water partition coefficient (Wildman–Crippen LogP) is 8.00. The first kappa shape index (κ1) is 19.8. The average molecular weight is 427 g/mol. The quantitative estimate of drug-likeness (QED) is 0.267. The van der Waals surface area contributed by atoms with Crippen molar-refractivity contribution in [3.63, 3.8) is 0 Å². The van der Waals surface area contributed by atoms with Crippen LogP contribution < -0.4 is 4.90 Å². The zero-order valence-electron chi connectivity index (χ0n) is 19.5. The molecule has 2 heteroatoms. The van der Waals surface area contributed by atoms with Gasteiger partial charge in [0.2, 0.25) is 0 Å². The molecule has 6 rings (SSSR count). The molecule has 6 aromatic rings. The Labute approximate surface area is 194 Å². The van der Waals surface area contributed by atoms with E-state index in [1.54, 1.807) is 0 Å². The Bertz CT molecular complexity index is 1510. The number of aromatic nitrogens is 1. The number of pyridine rings is 1. The number of benzene rings is 5. The number of anilines is 1. The number of hydrogen-bond acceptors (Lipinski definition) is 2. The van der Waals surface area contributed by atoms with E-state index in [1.165, 1.54) is 71.4 Å². The Morgan fingerprint density at radius 3 is 1.45 bits per heavy atom. The summed E-state index contributed by atoms with van der Waals surface area (Å²) in [5.74, 6) is 0. The summed E-state index contributed by atoms with van der Waals surface area (Å²) in [6, 6.07) is 27.0. The van der Waals surface area contributed by atoms with Gasteiger partial charge in [0.25, 0.3) is 0 Å². The molecule has 0 atom stereocenters. The maximum Gasteiger partial charge on any atom is 0.0373 e. The van der Waals surface area contributed by atoms with Crippen LogP contribution in [0.4, 0.5) is 5.69 Å². The topological polar surface area (TPSA) is 16.1 Å². The van der Waals surface area contributed by atoms with Crippen LogP contribution in [0.5, 0.6) is 0 Å². The third-order valence-electron chi connectivity index (χ3n) is 6.80. The van der Waals surface area contributed by atoms with Crippen LogP contribution in [0, 0.1) is 13.8 Å². The molecule has 0 bridgehead atoms. The Morgan fingerprint density at radius 1 is 0.576 bits per heavy atom. The van der Waals surface area contributed by atoms with Crippen LogP contribution in [0.2, 0.25) is 0 Å². The number of nitrogens with zero attached hydrogens (tertiary/aromatic N) is 2. The van der Waals surface area contributed by atoms with Gasteiger partial charge in [-0.2, -0.15) is 0 Å². The summed E-state index contributed by atoms with van der Waals surface area (Å²) in [6.07, 6.45) is 4.01. The molecule has 0 aliphatic carbocycles. The lowest BCUT2D eigenvalue weighted by Gasteiger charge is -2.21. The van der Waals surface area contributed by atoms with Crippen LogP contribution in [0.25, 0.3) is 54.6 Å². The normalized spacial score (nSPS) is 11.6. The molecule has 2 nitrogen and oxygen atoms in total. The van der Waals surface area contributed by atoms with Crippen molar-refractivity contribution >= 4 is 38.0 Å².